The zero-order valence-corrected chi connectivity index (χ0v) is 19.8. The average Bonchev–Trinajstić information content (AvgIpc) is 2.21. The van der Waals surface area contributed by atoms with E-state index in [0.29, 0.717) is 0 Å². The maximum absolute atomic E-state index is 13.7. The number of aliphatic imine (C=N–C) groups is 1. The van der Waals surface area contributed by atoms with Gasteiger partial charge in [-0.1, -0.05) is 40.5 Å². The van der Waals surface area contributed by atoms with E-state index in [1.54, 1.807) is 0 Å². The Hall–Kier alpha value is 0.254. The van der Waals surface area contributed by atoms with Crippen LogP contribution in [0, 0.1) is 5.41 Å². The molecule has 7 heteroatoms. The van der Waals surface area contributed by atoms with E-state index in [0.717, 1.165) is 19.3 Å². The minimum absolute atomic E-state index is 0.0480. The highest BCUT2D eigenvalue weighted by Crippen LogP contribution is 2.59. The lowest BCUT2D eigenvalue weighted by molar-refractivity contribution is 0.364. The predicted octanol–water partition coefficient (Wildman–Crippen LogP) is 6.52. The molecule has 0 heterocycles. The van der Waals surface area contributed by atoms with Gasteiger partial charge in [-0.3, -0.25) is 9.56 Å². The zero-order valence-electron chi connectivity index (χ0n) is 16.9. The Bertz CT molecular complexity index is 414. The van der Waals surface area contributed by atoms with Crippen LogP contribution in [-0.4, -0.2) is 28.6 Å². The van der Waals surface area contributed by atoms with Crippen LogP contribution in [0.5, 0.6) is 0 Å². The van der Waals surface area contributed by atoms with Gasteiger partial charge in [-0.15, -0.1) is 0 Å². The molecule has 0 aromatic carbocycles. The van der Waals surface area contributed by atoms with E-state index in [4.69, 9.17) is 8.43 Å². The van der Waals surface area contributed by atoms with Crippen molar-refractivity contribution >= 4 is 30.4 Å². The second kappa shape index (κ2) is 8.57. The highest BCUT2D eigenvalue weighted by molar-refractivity contribution is 7.57. The summed E-state index contributed by atoms with van der Waals surface area (Å²) >= 11 is 0. The maximum atomic E-state index is 13.7. The maximum Gasteiger partial charge on any atom is 0.335 e. The summed E-state index contributed by atoms with van der Waals surface area (Å²) in [7, 11) is -7.28. The van der Waals surface area contributed by atoms with Crippen molar-refractivity contribution in [3.05, 3.63) is 0 Å². The van der Waals surface area contributed by atoms with Crippen LogP contribution in [0.4, 0.5) is 0 Å². The van der Waals surface area contributed by atoms with Gasteiger partial charge < -0.3 is 8.43 Å². The molecule has 0 fully saturated rings. The minimum Gasteiger partial charge on any atom is -0.350 e. The summed E-state index contributed by atoms with van der Waals surface area (Å²) in [5, 5.41) is 0. The second-order valence-electron chi connectivity index (χ2n) is 9.21. The van der Waals surface area contributed by atoms with Crippen LogP contribution in [0.2, 0.25) is 39.3 Å². The fourth-order valence-corrected chi connectivity index (χ4v) is 10.2. The monoisotopic (exact) mass is 379 g/mol. The SMILES string of the molecule is CCCCC(N=CC(C)(C)C)P(=O)(O[Si](C)(C)C)O[Si](C)(C)C. The molecule has 0 spiro atoms. The molecule has 0 radical (unpaired) electrons. The highest BCUT2D eigenvalue weighted by Gasteiger charge is 2.42. The predicted molar refractivity (Wildman–Crippen MR) is 108 cm³/mol. The third-order valence-electron chi connectivity index (χ3n) is 2.62. The summed E-state index contributed by atoms with van der Waals surface area (Å²) in [4.78, 5) is 4.68. The van der Waals surface area contributed by atoms with Gasteiger partial charge in [0.2, 0.25) is 0 Å². The number of hydrogen-bond acceptors (Lipinski definition) is 4. The standard InChI is InChI=1S/C16H38NO3PSi2/c1-11-12-13-15(17-14-16(2,3)4)21(18,19-22(5,6)7)20-23(8,9)10/h14-15H,11-13H2,1-10H3. The Morgan fingerprint density at radius 2 is 1.48 bits per heavy atom. The Morgan fingerprint density at radius 3 is 1.78 bits per heavy atom. The smallest absolute Gasteiger partial charge is 0.335 e. The summed E-state index contributed by atoms with van der Waals surface area (Å²) in [6.07, 6.45) is 4.66. The van der Waals surface area contributed by atoms with Crippen LogP contribution < -0.4 is 0 Å². The summed E-state index contributed by atoms with van der Waals surface area (Å²) in [5.74, 6) is -0.389. The summed E-state index contributed by atoms with van der Waals surface area (Å²) in [5.41, 5.74) is -0.0480. The van der Waals surface area contributed by atoms with Crippen LogP contribution >= 0.6 is 7.60 Å². The molecule has 0 aliphatic rings. The van der Waals surface area contributed by atoms with Gasteiger partial charge in [0.05, 0.1) is 0 Å². The lowest BCUT2D eigenvalue weighted by Gasteiger charge is -2.34. The number of unbranched alkanes of at least 4 members (excludes halogenated alkanes) is 1. The first-order valence-corrected chi connectivity index (χ1v) is 17.1. The van der Waals surface area contributed by atoms with Crippen LogP contribution in [0.1, 0.15) is 47.0 Å². The number of hydrogen-bond donors (Lipinski definition) is 0. The minimum atomic E-state index is -3.26. The first-order chi connectivity index (χ1) is 10.1. The van der Waals surface area contributed by atoms with Crippen molar-refractivity contribution in [2.24, 2.45) is 10.4 Å². The largest absolute Gasteiger partial charge is 0.350 e. The van der Waals surface area contributed by atoms with E-state index in [1.807, 2.05) is 6.21 Å². The summed E-state index contributed by atoms with van der Waals surface area (Å²) in [6, 6.07) is 0. The topological polar surface area (TPSA) is 47.9 Å². The fourth-order valence-electron chi connectivity index (χ4n) is 1.91. The van der Waals surface area contributed by atoms with Gasteiger partial charge in [0.15, 0.2) is 16.6 Å². The van der Waals surface area contributed by atoms with Crippen LogP contribution in [-0.2, 0) is 13.0 Å². The van der Waals surface area contributed by atoms with Crippen LogP contribution in [0.25, 0.3) is 0 Å². The summed E-state index contributed by atoms with van der Waals surface area (Å²) in [6.45, 7) is 20.7. The molecule has 0 aliphatic carbocycles. The molecule has 0 bridgehead atoms. The van der Waals surface area contributed by atoms with Gasteiger partial charge in [-0.05, 0) is 51.1 Å². The second-order valence-corrected chi connectivity index (χ2v) is 20.8. The van der Waals surface area contributed by atoms with Gasteiger partial charge in [0.1, 0.15) is 5.78 Å². The molecule has 0 saturated carbocycles. The van der Waals surface area contributed by atoms with Crippen molar-refractivity contribution in [3.63, 3.8) is 0 Å². The number of rotatable bonds is 9. The molecule has 4 nitrogen and oxygen atoms in total. The van der Waals surface area contributed by atoms with Crippen molar-refractivity contribution < 1.29 is 13.0 Å². The molecule has 23 heavy (non-hydrogen) atoms. The Kier molecular flexibility index (Phi) is 8.66. The molecule has 0 rings (SSSR count). The van der Waals surface area contributed by atoms with E-state index in [-0.39, 0.29) is 11.2 Å². The lowest BCUT2D eigenvalue weighted by Crippen LogP contribution is -2.33. The Morgan fingerprint density at radius 1 is 1.04 bits per heavy atom. The van der Waals surface area contributed by atoms with Crippen LogP contribution in [0.15, 0.2) is 4.99 Å². The van der Waals surface area contributed by atoms with Gasteiger partial charge in [0, 0.05) is 6.21 Å². The first kappa shape index (κ1) is 23.3. The molecule has 1 atom stereocenters. The molecule has 0 saturated heterocycles. The van der Waals surface area contributed by atoms with Gasteiger partial charge in [-0.25, -0.2) is 0 Å². The molecule has 0 N–H and O–H groups in total. The van der Waals surface area contributed by atoms with Gasteiger partial charge >= 0.3 is 7.60 Å². The normalized spacial score (nSPS) is 16.1. The Labute approximate surface area is 146 Å². The van der Waals surface area contributed by atoms with Gasteiger partial charge in [-0.2, -0.15) is 0 Å². The van der Waals surface area contributed by atoms with Crippen LogP contribution in [0.3, 0.4) is 0 Å². The molecule has 0 amide bonds. The highest BCUT2D eigenvalue weighted by atomic mass is 31.2. The van der Waals surface area contributed by atoms with E-state index in [9.17, 15) is 4.57 Å². The average molecular weight is 380 g/mol. The quantitative estimate of drug-likeness (QED) is 0.260. The summed E-state index contributed by atoms with van der Waals surface area (Å²) < 4.78 is 25.9. The first-order valence-electron chi connectivity index (χ1n) is 8.63. The van der Waals surface area contributed by atoms with E-state index in [1.165, 1.54) is 0 Å². The van der Waals surface area contributed by atoms with E-state index < -0.39 is 24.2 Å². The van der Waals surface area contributed by atoms with Crippen molar-refractivity contribution in [2.75, 3.05) is 0 Å². The molecule has 138 valence electrons. The van der Waals surface area contributed by atoms with Crippen molar-refractivity contribution in [1.29, 1.82) is 0 Å². The lowest BCUT2D eigenvalue weighted by atomic mass is 9.99. The molecule has 0 aromatic rings. The van der Waals surface area contributed by atoms with Crippen molar-refractivity contribution in [2.45, 2.75) is 92.0 Å². The molecule has 0 aromatic heterocycles. The molecular formula is C16H38NO3PSi2. The van der Waals surface area contributed by atoms with Crippen molar-refractivity contribution in [3.8, 4) is 0 Å². The third-order valence-corrected chi connectivity index (χ3v) is 10.2. The Balaban J connectivity index is 5.69. The molecular weight excluding hydrogens is 341 g/mol. The zero-order chi connectivity index (χ0) is 18.5. The van der Waals surface area contributed by atoms with E-state index >= 15 is 0 Å². The third kappa shape index (κ3) is 11.4. The van der Waals surface area contributed by atoms with Gasteiger partial charge in [0.25, 0.3) is 0 Å². The number of nitrogens with zero attached hydrogens (tertiary/aromatic N) is 1. The molecule has 1 unspecified atom stereocenters. The molecule has 0 aliphatic heterocycles. The fraction of sp³-hybridized carbons (Fsp3) is 0.938. The van der Waals surface area contributed by atoms with Crippen molar-refractivity contribution in [1.82, 2.24) is 0 Å². The van der Waals surface area contributed by atoms with E-state index in [2.05, 4.69) is 72.0 Å².